The minimum atomic E-state index is -4.62. The number of esters is 1. The number of benzene rings is 1. The minimum Gasteiger partial charge on any atom is -0.469 e. The number of carbonyl (C=O) groups is 1. The van der Waals surface area contributed by atoms with Gasteiger partial charge in [0.25, 0.3) is 0 Å². The van der Waals surface area contributed by atoms with Crippen molar-refractivity contribution in [3.05, 3.63) is 35.4 Å². The third kappa shape index (κ3) is 4.12. The molecule has 0 fully saturated rings. The molecule has 0 N–H and O–H groups in total. The molecule has 0 saturated carbocycles. The first kappa shape index (κ1) is 18.7. The molecule has 0 aliphatic heterocycles. The molecule has 8 heteroatoms. The summed E-state index contributed by atoms with van der Waals surface area (Å²) in [6.07, 6.45) is -0.0308. The van der Waals surface area contributed by atoms with Crippen molar-refractivity contribution in [2.24, 2.45) is 0 Å². The van der Waals surface area contributed by atoms with Crippen LogP contribution < -0.4 is 0 Å². The van der Waals surface area contributed by atoms with E-state index in [0.717, 1.165) is 12.1 Å². The Bertz CT molecular complexity index is 535. The zero-order chi connectivity index (χ0) is 16.8. The Morgan fingerprint density at radius 2 is 1.64 bits per heavy atom. The largest absolute Gasteiger partial charge is 0.469 e. The van der Waals surface area contributed by atoms with Gasteiger partial charge in [0.15, 0.2) is 0 Å². The predicted molar refractivity (Wildman–Crippen MR) is 76.9 cm³/mol. The van der Waals surface area contributed by atoms with E-state index in [4.69, 9.17) is 9.05 Å². The van der Waals surface area contributed by atoms with E-state index in [1.54, 1.807) is 0 Å². The van der Waals surface area contributed by atoms with Crippen LogP contribution >= 0.6 is 7.60 Å². The Labute approximate surface area is 128 Å². The van der Waals surface area contributed by atoms with Crippen molar-refractivity contribution in [3.63, 3.8) is 0 Å². The van der Waals surface area contributed by atoms with E-state index in [0.29, 0.717) is 5.56 Å². The maximum Gasteiger partial charge on any atom is 0.404 e. The van der Waals surface area contributed by atoms with Gasteiger partial charge in [0, 0.05) is 5.56 Å². The van der Waals surface area contributed by atoms with Crippen LogP contribution in [0.1, 0.15) is 25.0 Å². The van der Waals surface area contributed by atoms with Gasteiger partial charge in [-0.05, 0) is 19.4 Å². The minimum absolute atomic E-state index is 0.0308. The topological polar surface area (TPSA) is 61.8 Å². The highest BCUT2D eigenvalue weighted by atomic mass is 31.2. The lowest BCUT2D eigenvalue weighted by Gasteiger charge is -2.26. The smallest absolute Gasteiger partial charge is 0.404 e. The summed E-state index contributed by atoms with van der Waals surface area (Å²) in [6, 6.07) is 4.90. The Hall–Kier alpha value is -1.30. The van der Waals surface area contributed by atoms with E-state index in [1.807, 2.05) is 0 Å². The highest BCUT2D eigenvalue weighted by Gasteiger charge is 2.54. The molecule has 124 valence electrons. The number of hydrogen-bond acceptors (Lipinski definition) is 5. The van der Waals surface area contributed by atoms with Gasteiger partial charge in [0.1, 0.15) is 0 Å². The van der Waals surface area contributed by atoms with Crippen LogP contribution in [0.4, 0.5) is 8.78 Å². The maximum absolute atomic E-state index is 14.4. The normalized spacial score (nSPS) is 12.2. The number of ether oxygens (including phenoxy) is 1. The van der Waals surface area contributed by atoms with Crippen molar-refractivity contribution < 1.29 is 31.9 Å². The molecular formula is C14H19F2O5P. The second kappa shape index (κ2) is 7.81. The van der Waals surface area contributed by atoms with Crippen molar-refractivity contribution >= 4 is 13.6 Å². The van der Waals surface area contributed by atoms with E-state index in [2.05, 4.69) is 4.74 Å². The number of hydrogen-bond donors (Lipinski definition) is 0. The molecule has 0 spiro atoms. The number of halogens is 2. The SMILES string of the molecule is CCOP(=O)(OCC)C(F)(F)c1ccc(CC(=O)OC)cc1. The summed E-state index contributed by atoms with van der Waals surface area (Å²) >= 11 is 0. The summed E-state index contributed by atoms with van der Waals surface area (Å²) < 4.78 is 55.1. The molecule has 0 aliphatic rings. The van der Waals surface area contributed by atoms with Crippen LogP contribution in [0.25, 0.3) is 0 Å². The van der Waals surface area contributed by atoms with Gasteiger partial charge < -0.3 is 13.8 Å². The third-order valence-corrected chi connectivity index (χ3v) is 4.96. The van der Waals surface area contributed by atoms with Gasteiger partial charge in [-0.2, -0.15) is 8.78 Å². The van der Waals surface area contributed by atoms with Gasteiger partial charge in [-0.15, -0.1) is 0 Å². The van der Waals surface area contributed by atoms with Crippen molar-refractivity contribution in [1.29, 1.82) is 0 Å². The highest BCUT2D eigenvalue weighted by molar-refractivity contribution is 7.54. The Morgan fingerprint density at radius 1 is 1.14 bits per heavy atom. The summed E-state index contributed by atoms with van der Waals surface area (Å²) in [5.74, 6) is -0.478. The summed E-state index contributed by atoms with van der Waals surface area (Å²) in [6.45, 7) is 2.60. The summed E-state index contributed by atoms with van der Waals surface area (Å²) in [4.78, 5) is 11.1. The fourth-order valence-electron chi connectivity index (χ4n) is 1.76. The number of methoxy groups -OCH3 is 1. The molecule has 0 atom stereocenters. The molecule has 0 saturated heterocycles. The van der Waals surface area contributed by atoms with Gasteiger partial charge >= 0.3 is 19.2 Å². The molecule has 22 heavy (non-hydrogen) atoms. The van der Waals surface area contributed by atoms with Gasteiger partial charge in [0.2, 0.25) is 0 Å². The zero-order valence-electron chi connectivity index (χ0n) is 12.7. The van der Waals surface area contributed by atoms with Crippen LogP contribution in [-0.4, -0.2) is 26.3 Å². The standard InChI is InChI=1S/C14H19F2O5P/c1-4-20-22(18,21-5-2)14(15,16)12-8-6-11(7-9-12)10-13(17)19-3/h6-9H,4-5,10H2,1-3H3. The van der Waals surface area contributed by atoms with Gasteiger partial charge in [-0.3, -0.25) is 9.36 Å². The van der Waals surface area contributed by atoms with Crippen LogP contribution in [0.3, 0.4) is 0 Å². The quantitative estimate of drug-likeness (QED) is 0.535. The molecule has 1 rings (SSSR count). The third-order valence-electron chi connectivity index (χ3n) is 2.82. The second-order valence-corrected chi connectivity index (χ2v) is 6.40. The van der Waals surface area contributed by atoms with E-state index in [-0.39, 0.29) is 19.6 Å². The lowest BCUT2D eigenvalue weighted by Crippen LogP contribution is -2.18. The van der Waals surface area contributed by atoms with E-state index >= 15 is 0 Å². The van der Waals surface area contributed by atoms with E-state index in [1.165, 1.54) is 33.1 Å². The van der Waals surface area contributed by atoms with Crippen molar-refractivity contribution in [1.82, 2.24) is 0 Å². The molecule has 0 aromatic heterocycles. The van der Waals surface area contributed by atoms with Crippen LogP contribution in [-0.2, 0) is 35.2 Å². The molecule has 0 amide bonds. The molecule has 0 aliphatic carbocycles. The summed E-state index contributed by atoms with van der Waals surface area (Å²) in [5, 5.41) is 0. The maximum atomic E-state index is 14.4. The van der Waals surface area contributed by atoms with E-state index < -0.39 is 24.8 Å². The average Bonchev–Trinajstić information content (AvgIpc) is 2.48. The van der Waals surface area contributed by atoms with Crippen LogP contribution in [0.2, 0.25) is 0 Å². The van der Waals surface area contributed by atoms with Crippen LogP contribution in [0.5, 0.6) is 0 Å². The van der Waals surface area contributed by atoms with E-state index in [9.17, 15) is 18.1 Å². The van der Waals surface area contributed by atoms with Gasteiger partial charge in [-0.1, -0.05) is 24.3 Å². The monoisotopic (exact) mass is 336 g/mol. The Kier molecular flexibility index (Phi) is 6.66. The molecule has 0 bridgehead atoms. The fourth-order valence-corrected chi connectivity index (χ4v) is 3.30. The molecule has 1 aromatic rings. The first-order valence-electron chi connectivity index (χ1n) is 6.74. The van der Waals surface area contributed by atoms with Gasteiger partial charge in [0.05, 0.1) is 26.7 Å². The van der Waals surface area contributed by atoms with Crippen LogP contribution in [0, 0.1) is 0 Å². The number of alkyl halides is 2. The van der Waals surface area contributed by atoms with Gasteiger partial charge in [-0.25, -0.2) is 0 Å². The summed E-state index contributed by atoms with van der Waals surface area (Å²) in [5.41, 5.74) is -3.76. The Balaban J connectivity index is 3.05. The lowest BCUT2D eigenvalue weighted by molar-refractivity contribution is -0.139. The molecule has 0 unspecified atom stereocenters. The average molecular weight is 336 g/mol. The molecule has 1 aromatic carbocycles. The first-order valence-corrected chi connectivity index (χ1v) is 8.28. The van der Waals surface area contributed by atoms with Crippen molar-refractivity contribution in [2.75, 3.05) is 20.3 Å². The lowest BCUT2D eigenvalue weighted by atomic mass is 10.1. The predicted octanol–water partition coefficient (Wildman–Crippen LogP) is 3.72. The van der Waals surface area contributed by atoms with Crippen molar-refractivity contribution in [3.8, 4) is 0 Å². The number of carbonyl (C=O) groups excluding carboxylic acids is 1. The van der Waals surface area contributed by atoms with Crippen molar-refractivity contribution in [2.45, 2.75) is 25.9 Å². The zero-order valence-corrected chi connectivity index (χ0v) is 13.6. The molecular weight excluding hydrogens is 317 g/mol. The first-order chi connectivity index (χ1) is 10.3. The highest BCUT2D eigenvalue weighted by Crippen LogP contribution is 2.66. The Morgan fingerprint density at radius 3 is 2.05 bits per heavy atom. The second-order valence-electron chi connectivity index (χ2n) is 4.32. The number of rotatable bonds is 8. The molecule has 5 nitrogen and oxygen atoms in total. The van der Waals surface area contributed by atoms with Crippen LogP contribution in [0.15, 0.2) is 24.3 Å². The summed E-state index contributed by atoms with van der Waals surface area (Å²) in [7, 11) is -3.38. The molecule has 0 heterocycles. The molecule has 0 radical (unpaired) electrons. The fraction of sp³-hybridized carbons (Fsp3) is 0.500.